The van der Waals surface area contributed by atoms with Crippen molar-refractivity contribution in [2.24, 2.45) is 17.8 Å². The minimum absolute atomic E-state index is 0.0303. The van der Waals surface area contributed by atoms with E-state index in [4.69, 9.17) is 0 Å². The molecule has 0 radical (unpaired) electrons. The van der Waals surface area contributed by atoms with Gasteiger partial charge in [-0.1, -0.05) is 31.2 Å². The fraction of sp³-hybridized carbons (Fsp3) is 0.571. The third-order valence-corrected chi connectivity index (χ3v) is 3.96. The molecule has 3 unspecified atom stereocenters. The van der Waals surface area contributed by atoms with Crippen LogP contribution in [0.25, 0.3) is 0 Å². The molecule has 1 heterocycles. The molecule has 18 heavy (non-hydrogen) atoms. The minimum Gasteiger partial charge on any atom is -0.481 e. The molecule has 98 valence electrons. The fourth-order valence-electron chi connectivity index (χ4n) is 2.69. The summed E-state index contributed by atoms with van der Waals surface area (Å²) in [5, 5.41) is 9.18. The van der Waals surface area contributed by atoms with Gasteiger partial charge in [0, 0.05) is 13.1 Å². The molecule has 1 fully saturated rings. The van der Waals surface area contributed by atoms with Crippen LogP contribution in [0.4, 0.5) is 0 Å². The molecule has 0 aromatic carbocycles. The second-order valence-electron chi connectivity index (χ2n) is 5.27. The Morgan fingerprint density at radius 1 is 1.33 bits per heavy atom. The van der Waals surface area contributed by atoms with Crippen LogP contribution in [0.5, 0.6) is 0 Å². The normalized spacial score (nSPS) is 31.7. The van der Waals surface area contributed by atoms with E-state index in [2.05, 4.69) is 6.58 Å². The molecule has 3 atom stereocenters. The molecular formula is C14H19NO3. The Balaban J connectivity index is 2.10. The zero-order valence-electron chi connectivity index (χ0n) is 10.6. The van der Waals surface area contributed by atoms with Crippen molar-refractivity contribution >= 4 is 11.9 Å². The van der Waals surface area contributed by atoms with Crippen molar-refractivity contribution in [3.8, 4) is 0 Å². The van der Waals surface area contributed by atoms with E-state index in [1.807, 2.05) is 19.1 Å². The number of hydrogen-bond donors (Lipinski definition) is 1. The highest BCUT2D eigenvalue weighted by Crippen LogP contribution is 2.30. The lowest BCUT2D eigenvalue weighted by molar-refractivity contribution is -0.150. The zero-order valence-corrected chi connectivity index (χ0v) is 10.6. The number of amides is 1. The van der Waals surface area contributed by atoms with E-state index in [-0.39, 0.29) is 5.91 Å². The lowest BCUT2D eigenvalue weighted by Crippen LogP contribution is -2.40. The predicted octanol–water partition coefficient (Wildman–Crippen LogP) is 1.69. The summed E-state index contributed by atoms with van der Waals surface area (Å²) in [6.07, 6.45) is 4.76. The summed E-state index contributed by atoms with van der Waals surface area (Å²) in [5.41, 5.74) is 1.06. The van der Waals surface area contributed by atoms with Crippen LogP contribution in [0.15, 0.2) is 24.3 Å². The number of nitrogens with zero attached hydrogens (tertiary/aromatic N) is 1. The molecule has 1 aliphatic carbocycles. The Morgan fingerprint density at radius 2 is 1.94 bits per heavy atom. The maximum absolute atomic E-state index is 12.4. The van der Waals surface area contributed by atoms with Crippen molar-refractivity contribution in [3.63, 3.8) is 0 Å². The molecule has 2 aliphatic rings. The van der Waals surface area contributed by atoms with E-state index in [9.17, 15) is 14.7 Å². The van der Waals surface area contributed by atoms with E-state index in [0.29, 0.717) is 31.8 Å². The maximum Gasteiger partial charge on any atom is 0.307 e. The summed E-state index contributed by atoms with van der Waals surface area (Å²) in [4.78, 5) is 25.3. The Labute approximate surface area is 107 Å². The van der Waals surface area contributed by atoms with Gasteiger partial charge < -0.3 is 10.0 Å². The zero-order chi connectivity index (χ0) is 13.3. The highest BCUT2D eigenvalue weighted by molar-refractivity contribution is 5.85. The van der Waals surface area contributed by atoms with Gasteiger partial charge in [-0.3, -0.25) is 9.59 Å². The summed E-state index contributed by atoms with van der Waals surface area (Å²) in [5.74, 6) is -1.57. The third-order valence-electron chi connectivity index (χ3n) is 3.96. The molecule has 0 aromatic rings. The van der Waals surface area contributed by atoms with Crippen LogP contribution in [0.1, 0.15) is 19.8 Å². The lowest BCUT2D eigenvalue weighted by Gasteiger charge is -2.28. The standard InChI is InChI=1S/C14H19NO3/c1-9-7-15(8-10(9)2)13(16)11-5-3-4-6-12(11)14(17)18/h3-4,10-12H,1,5-8H2,2H3,(H,17,18). The van der Waals surface area contributed by atoms with Crippen molar-refractivity contribution in [2.45, 2.75) is 19.8 Å². The molecule has 0 spiro atoms. The molecule has 1 saturated heterocycles. The SMILES string of the molecule is C=C1CN(C(=O)C2CC=CCC2C(=O)O)CC1C. The van der Waals surface area contributed by atoms with Gasteiger partial charge in [0.2, 0.25) is 5.91 Å². The monoisotopic (exact) mass is 249 g/mol. The maximum atomic E-state index is 12.4. The van der Waals surface area contributed by atoms with Crippen LogP contribution in [0.3, 0.4) is 0 Å². The second-order valence-corrected chi connectivity index (χ2v) is 5.27. The van der Waals surface area contributed by atoms with Crippen LogP contribution in [0.2, 0.25) is 0 Å². The first kappa shape index (κ1) is 12.9. The molecule has 4 heteroatoms. The van der Waals surface area contributed by atoms with E-state index < -0.39 is 17.8 Å². The first-order valence-electron chi connectivity index (χ1n) is 6.35. The first-order chi connectivity index (χ1) is 8.50. The Morgan fingerprint density at radius 3 is 2.44 bits per heavy atom. The molecule has 0 aromatic heterocycles. The van der Waals surface area contributed by atoms with E-state index in [0.717, 1.165) is 5.57 Å². The van der Waals surface area contributed by atoms with Gasteiger partial charge >= 0.3 is 5.97 Å². The number of carbonyl (C=O) groups is 2. The first-order valence-corrected chi connectivity index (χ1v) is 6.35. The molecule has 0 bridgehead atoms. The second kappa shape index (κ2) is 4.96. The van der Waals surface area contributed by atoms with E-state index >= 15 is 0 Å². The van der Waals surface area contributed by atoms with Gasteiger partial charge in [0.25, 0.3) is 0 Å². The van der Waals surface area contributed by atoms with Gasteiger partial charge in [0.05, 0.1) is 11.8 Å². The number of allylic oxidation sites excluding steroid dienone is 2. The van der Waals surface area contributed by atoms with Gasteiger partial charge in [-0.05, 0) is 18.8 Å². The van der Waals surface area contributed by atoms with E-state index in [1.165, 1.54) is 0 Å². The summed E-state index contributed by atoms with van der Waals surface area (Å²) in [6.45, 7) is 7.24. The minimum atomic E-state index is -0.872. The highest BCUT2D eigenvalue weighted by atomic mass is 16.4. The number of carbonyl (C=O) groups excluding carboxylic acids is 1. The van der Waals surface area contributed by atoms with Crippen molar-refractivity contribution in [3.05, 3.63) is 24.3 Å². The molecule has 1 aliphatic heterocycles. The van der Waals surface area contributed by atoms with E-state index in [1.54, 1.807) is 4.90 Å². The van der Waals surface area contributed by atoms with Crippen LogP contribution in [-0.4, -0.2) is 35.0 Å². The molecular weight excluding hydrogens is 230 g/mol. The van der Waals surface area contributed by atoms with Crippen LogP contribution in [0, 0.1) is 17.8 Å². The number of hydrogen-bond acceptors (Lipinski definition) is 2. The number of carboxylic acid groups (broad SMARTS) is 1. The molecule has 1 N–H and O–H groups in total. The van der Waals surface area contributed by atoms with Crippen LogP contribution < -0.4 is 0 Å². The Hall–Kier alpha value is -1.58. The number of carboxylic acids is 1. The topological polar surface area (TPSA) is 57.6 Å². The van der Waals surface area contributed by atoms with Crippen LogP contribution in [-0.2, 0) is 9.59 Å². The third kappa shape index (κ3) is 2.33. The van der Waals surface area contributed by atoms with Gasteiger partial charge in [0.15, 0.2) is 0 Å². The van der Waals surface area contributed by atoms with Crippen molar-refractivity contribution in [1.29, 1.82) is 0 Å². The molecule has 0 saturated carbocycles. The average Bonchev–Trinajstić information content (AvgIpc) is 2.68. The smallest absolute Gasteiger partial charge is 0.307 e. The van der Waals surface area contributed by atoms with Gasteiger partial charge in [0.1, 0.15) is 0 Å². The molecule has 4 nitrogen and oxygen atoms in total. The van der Waals surface area contributed by atoms with Crippen molar-refractivity contribution < 1.29 is 14.7 Å². The predicted molar refractivity (Wildman–Crippen MR) is 67.9 cm³/mol. The summed E-state index contributed by atoms with van der Waals surface area (Å²) < 4.78 is 0. The van der Waals surface area contributed by atoms with Crippen LogP contribution >= 0.6 is 0 Å². The number of likely N-dealkylation sites (tertiary alicyclic amines) is 1. The van der Waals surface area contributed by atoms with Gasteiger partial charge in [-0.15, -0.1) is 0 Å². The Bertz CT molecular complexity index is 413. The van der Waals surface area contributed by atoms with Gasteiger partial charge in [-0.2, -0.15) is 0 Å². The largest absolute Gasteiger partial charge is 0.481 e. The summed E-state index contributed by atoms with van der Waals surface area (Å²) >= 11 is 0. The Kier molecular flexibility index (Phi) is 3.55. The summed E-state index contributed by atoms with van der Waals surface area (Å²) in [7, 11) is 0. The molecule has 1 amide bonds. The fourth-order valence-corrected chi connectivity index (χ4v) is 2.69. The average molecular weight is 249 g/mol. The van der Waals surface area contributed by atoms with Gasteiger partial charge in [-0.25, -0.2) is 0 Å². The van der Waals surface area contributed by atoms with Crippen molar-refractivity contribution in [2.75, 3.05) is 13.1 Å². The number of rotatable bonds is 2. The number of aliphatic carboxylic acids is 1. The molecule has 2 rings (SSSR count). The van der Waals surface area contributed by atoms with Crippen molar-refractivity contribution in [1.82, 2.24) is 4.90 Å². The summed E-state index contributed by atoms with van der Waals surface area (Å²) in [6, 6.07) is 0. The quantitative estimate of drug-likeness (QED) is 0.758. The highest BCUT2D eigenvalue weighted by Gasteiger charge is 2.38. The lowest BCUT2D eigenvalue weighted by atomic mass is 9.82.